The van der Waals surface area contributed by atoms with Crippen LogP contribution in [0.3, 0.4) is 0 Å². The van der Waals surface area contributed by atoms with Gasteiger partial charge >= 0.3 is 5.97 Å². The van der Waals surface area contributed by atoms with Crippen LogP contribution in [0.4, 0.5) is 5.69 Å². The van der Waals surface area contributed by atoms with Crippen molar-refractivity contribution < 1.29 is 18.3 Å². The molecule has 1 aromatic heterocycles. The fourth-order valence-corrected chi connectivity index (χ4v) is 4.58. The van der Waals surface area contributed by atoms with Crippen molar-refractivity contribution in [3.8, 4) is 0 Å². The summed E-state index contributed by atoms with van der Waals surface area (Å²) in [5, 5.41) is 8.66. The average Bonchev–Trinajstić information content (AvgIpc) is 2.78. The number of carbonyl (C=O) groups is 1. The summed E-state index contributed by atoms with van der Waals surface area (Å²) in [7, 11) is -3.61. The van der Waals surface area contributed by atoms with Crippen molar-refractivity contribution in [3.05, 3.63) is 45.7 Å². The molecule has 0 saturated heterocycles. The zero-order valence-electron chi connectivity index (χ0n) is 10.0. The Labute approximate surface area is 128 Å². The van der Waals surface area contributed by atoms with Gasteiger partial charge in [0.2, 0.25) is 0 Å². The van der Waals surface area contributed by atoms with E-state index in [0.29, 0.717) is 11.3 Å². The minimum Gasteiger partial charge on any atom is -0.481 e. The molecular weight excluding hydrogens is 366 g/mol. The number of halogens is 1. The minimum absolute atomic E-state index is 0.0924. The van der Waals surface area contributed by atoms with Crippen LogP contribution in [0.25, 0.3) is 0 Å². The maximum Gasteiger partial charge on any atom is 0.307 e. The molecule has 106 valence electrons. The van der Waals surface area contributed by atoms with Gasteiger partial charge in [-0.3, -0.25) is 9.52 Å². The third kappa shape index (κ3) is 3.81. The topological polar surface area (TPSA) is 83.5 Å². The van der Waals surface area contributed by atoms with E-state index in [0.717, 1.165) is 15.1 Å². The lowest BCUT2D eigenvalue weighted by molar-refractivity contribution is -0.136. The molecular formula is C12H10BrNO4S2. The van der Waals surface area contributed by atoms with Crippen LogP contribution in [-0.2, 0) is 21.2 Å². The largest absolute Gasteiger partial charge is 0.481 e. The van der Waals surface area contributed by atoms with Gasteiger partial charge in [0.25, 0.3) is 10.0 Å². The highest BCUT2D eigenvalue weighted by Gasteiger charge is 2.16. The standard InChI is InChI=1S/C12H10BrNO4S2/c13-10-5-6-12(19-10)20(17,18)14-9-3-1-8(2-4-9)7-11(15)16/h1-6,14H,7H2,(H,15,16). The van der Waals surface area contributed by atoms with Gasteiger partial charge in [-0.2, -0.15) is 0 Å². The smallest absolute Gasteiger partial charge is 0.307 e. The van der Waals surface area contributed by atoms with Gasteiger partial charge in [-0.05, 0) is 45.8 Å². The van der Waals surface area contributed by atoms with Gasteiger partial charge in [-0.15, -0.1) is 11.3 Å². The highest BCUT2D eigenvalue weighted by molar-refractivity contribution is 9.11. The van der Waals surface area contributed by atoms with Crippen LogP contribution in [0.1, 0.15) is 5.56 Å². The number of hydrogen-bond donors (Lipinski definition) is 2. The summed E-state index contributed by atoms with van der Waals surface area (Å²) < 4.78 is 27.5. The molecule has 2 rings (SSSR count). The molecule has 2 N–H and O–H groups in total. The molecule has 1 aromatic carbocycles. The Bertz CT molecular complexity index is 722. The third-order valence-corrected chi connectivity index (χ3v) is 5.87. The number of sulfonamides is 1. The minimum atomic E-state index is -3.61. The van der Waals surface area contributed by atoms with Gasteiger partial charge in [0.1, 0.15) is 4.21 Å². The van der Waals surface area contributed by atoms with Crippen LogP contribution in [-0.4, -0.2) is 19.5 Å². The monoisotopic (exact) mass is 375 g/mol. The lowest BCUT2D eigenvalue weighted by Crippen LogP contribution is -2.11. The summed E-state index contributed by atoms with van der Waals surface area (Å²) in [6, 6.07) is 9.41. The molecule has 0 fully saturated rings. The van der Waals surface area contributed by atoms with E-state index in [-0.39, 0.29) is 10.6 Å². The first kappa shape index (κ1) is 15.0. The fourth-order valence-electron chi connectivity index (χ4n) is 1.51. The molecule has 0 radical (unpaired) electrons. The Morgan fingerprint density at radius 3 is 2.35 bits per heavy atom. The highest BCUT2D eigenvalue weighted by atomic mass is 79.9. The van der Waals surface area contributed by atoms with Crippen LogP contribution in [0, 0.1) is 0 Å². The zero-order valence-corrected chi connectivity index (χ0v) is 13.3. The number of thiophene rings is 1. The molecule has 0 aliphatic rings. The average molecular weight is 376 g/mol. The number of benzene rings is 1. The number of hydrogen-bond acceptors (Lipinski definition) is 4. The van der Waals surface area contributed by atoms with Crippen molar-refractivity contribution in [2.75, 3.05) is 4.72 Å². The molecule has 0 spiro atoms. The molecule has 5 nitrogen and oxygen atoms in total. The molecule has 20 heavy (non-hydrogen) atoms. The molecule has 0 aliphatic heterocycles. The summed E-state index contributed by atoms with van der Waals surface area (Å²) in [4.78, 5) is 10.6. The van der Waals surface area contributed by atoms with Gasteiger partial charge in [0.05, 0.1) is 10.2 Å². The number of anilines is 1. The lowest BCUT2D eigenvalue weighted by Gasteiger charge is -2.06. The first-order chi connectivity index (χ1) is 9.37. The maximum atomic E-state index is 12.1. The van der Waals surface area contributed by atoms with Crippen molar-refractivity contribution >= 4 is 48.9 Å². The second-order valence-corrected chi connectivity index (χ2v) is 8.30. The third-order valence-electron chi connectivity index (χ3n) is 2.37. The summed E-state index contributed by atoms with van der Waals surface area (Å²) in [5.74, 6) is -0.929. The predicted octanol–water partition coefficient (Wildman–Crippen LogP) is 2.94. The first-order valence-corrected chi connectivity index (χ1v) is 8.55. The van der Waals surface area contributed by atoms with Crippen LogP contribution in [0.5, 0.6) is 0 Å². The number of carboxylic acids is 1. The van der Waals surface area contributed by atoms with Gasteiger partial charge in [-0.1, -0.05) is 12.1 Å². The maximum absolute atomic E-state index is 12.1. The number of nitrogens with one attached hydrogen (secondary N) is 1. The van der Waals surface area contributed by atoms with E-state index in [1.54, 1.807) is 30.3 Å². The summed E-state index contributed by atoms with van der Waals surface area (Å²) in [6.07, 6.45) is -0.0924. The molecule has 2 aromatic rings. The molecule has 0 unspecified atom stereocenters. The van der Waals surface area contributed by atoms with Crippen molar-refractivity contribution in [2.45, 2.75) is 10.6 Å². The Morgan fingerprint density at radius 1 is 1.20 bits per heavy atom. The van der Waals surface area contributed by atoms with Gasteiger partial charge in [0.15, 0.2) is 0 Å². The van der Waals surface area contributed by atoms with Crippen molar-refractivity contribution in [2.24, 2.45) is 0 Å². The number of rotatable bonds is 5. The van der Waals surface area contributed by atoms with Crippen LogP contribution < -0.4 is 4.72 Å². The Kier molecular flexibility index (Phi) is 4.46. The summed E-state index contributed by atoms with van der Waals surface area (Å²) in [6.45, 7) is 0. The molecule has 0 saturated carbocycles. The first-order valence-electron chi connectivity index (χ1n) is 5.46. The lowest BCUT2D eigenvalue weighted by atomic mass is 10.1. The number of aliphatic carboxylic acids is 1. The second-order valence-electron chi connectivity index (χ2n) is 3.93. The zero-order chi connectivity index (χ0) is 14.8. The van der Waals surface area contributed by atoms with Gasteiger partial charge < -0.3 is 5.11 Å². The predicted molar refractivity (Wildman–Crippen MR) is 80.6 cm³/mol. The summed E-state index contributed by atoms with van der Waals surface area (Å²) in [5.41, 5.74) is 1.00. The summed E-state index contributed by atoms with van der Waals surface area (Å²) >= 11 is 4.33. The normalized spacial score (nSPS) is 11.2. The SMILES string of the molecule is O=C(O)Cc1ccc(NS(=O)(=O)c2ccc(Br)s2)cc1. The highest BCUT2D eigenvalue weighted by Crippen LogP contribution is 2.27. The van der Waals surface area contributed by atoms with Crippen LogP contribution in [0.2, 0.25) is 0 Å². The molecule has 0 atom stereocenters. The van der Waals surface area contributed by atoms with E-state index >= 15 is 0 Å². The van der Waals surface area contributed by atoms with E-state index < -0.39 is 16.0 Å². The Morgan fingerprint density at radius 2 is 1.85 bits per heavy atom. The van der Waals surface area contributed by atoms with Crippen molar-refractivity contribution in [1.82, 2.24) is 0 Å². The van der Waals surface area contributed by atoms with E-state index in [2.05, 4.69) is 20.7 Å². The molecule has 1 heterocycles. The van der Waals surface area contributed by atoms with E-state index in [9.17, 15) is 13.2 Å². The van der Waals surface area contributed by atoms with Crippen LogP contribution >= 0.6 is 27.3 Å². The van der Waals surface area contributed by atoms with Crippen molar-refractivity contribution in [1.29, 1.82) is 0 Å². The number of carboxylic acid groups (broad SMARTS) is 1. The van der Waals surface area contributed by atoms with Crippen LogP contribution in [0.15, 0.2) is 44.4 Å². The van der Waals surface area contributed by atoms with E-state index in [4.69, 9.17) is 5.11 Å². The Balaban J connectivity index is 2.15. The molecule has 0 aliphatic carbocycles. The molecule has 0 amide bonds. The van der Waals surface area contributed by atoms with E-state index in [1.807, 2.05) is 0 Å². The van der Waals surface area contributed by atoms with Crippen molar-refractivity contribution in [3.63, 3.8) is 0 Å². The van der Waals surface area contributed by atoms with Gasteiger partial charge in [-0.25, -0.2) is 8.42 Å². The molecule has 0 bridgehead atoms. The Hall–Kier alpha value is -1.38. The van der Waals surface area contributed by atoms with E-state index in [1.165, 1.54) is 6.07 Å². The second kappa shape index (κ2) is 5.94. The molecule has 8 heteroatoms. The quantitative estimate of drug-likeness (QED) is 0.841. The van der Waals surface area contributed by atoms with Gasteiger partial charge in [0, 0.05) is 5.69 Å². The fraction of sp³-hybridized carbons (Fsp3) is 0.0833.